The predicted molar refractivity (Wildman–Crippen MR) is 70.1 cm³/mol. The molecule has 1 aromatic rings. The second-order valence-corrected chi connectivity index (χ2v) is 4.85. The van der Waals surface area contributed by atoms with Crippen LogP contribution in [0.25, 0.3) is 0 Å². The van der Waals surface area contributed by atoms with Gasteiger partial charge in [-0.2, -0.15) is 0 Å². The van der Waals surface area contributed by atoms with Gasteiger partial charge in [-0.15, -0.1) is 0 Å². The third-order valence-corrected chi connectivity index (χ3v) is 3.55. The molecule has 2 heterocycles. The molecule has 0 radical (unpaired) electrons. The fourth-order valence-corrected chi connectivity index (χ4v) is 2.49. The molecule has 0 spiro atoms. The predicted octanol–water partition coefficient (Wildman–Crippen LogP) is 1.29. The summed E-state index contributed by atoms with van der Waals surface area (Å²) in [5, 5.41) is 8.99. The number of aliphatic carboxylic acids is 1. The van der Waals surface area contributed by atoms with E-state index in [1.54, 1.807) is 18.2 Å². The minimum absolute atomic E-state index is 0.336. The molecule has 3 rings (SSSR count). The van der Waals surface area contributed by atoms with Gasteiger partial charge in [0.2, 0.25) is 5.91 Å². The number of fused-ring (bicyclic) bond motifs is 1. The van der Waals surface area contributed by atoms with E-state index in [4.69, 9.17) is 14.6 Å². The standard InChI is InChI=1S/C14H15NO5/c16-13-10(14(17)18)4-5-15(13)9-2-3-11-12(8-9)20-7-1-6-19-11/h2-3,8,10H,1,4-7H2,(H,17,18). The first kappa shape index (κ1) is 12.8. The summed E-state index contributed by atoms with van der Waals surface area (Å²) in [6.45, 7) is 1.59. The summed E-state index contributed by atoms with van der Waals surface area (Å²) in [6, 6.07) is 5.26. The largest absolute Gasteiger partial charge is 0.490 e. The maximum absolute atomic E-state index is 12.1. The number of carboxylic acids is 1. The second-order valence-electron chi connectivity index (χ2n) is 4.85. The highest BCUT2D eigenvalue weighted by molar-refractivity contribution is 6.07. The molecule has 1 atom stereocenters. The molecule has 2 aliphatic heterocycles. The first-order valence-electron chi connectivity index (χ1n) is 6.60. The van der Waals surface area contributed by atoms with Gasteiger partial charge in [0.05, 0.1) is 13.2 Å². The first-order chi connectivity index (χ1) is 9.66. The number of carbonyl (C=O) groups is 2. The maximum atomic E-state index is 12.1. The van der Waals surface area contributed by atoms with Crippen LogP contribution >= 0.6 is 0 Å². The van der Waals surface area contributed by atoms with Crippen LogP contribution in [-0.2, 0) is 9.59 Å². The van der Waals surface area contributed by atoms with Crippen molar-refractivity contribution in [3.8, 4) is 11.5 Å². The lowest BCUT2D eigenvalue weighted by atomic mass is 10.1. The van der Waals surface area contributed by atoms with Gasteiger partial charge in [-0.05, 0) is 18.6 Å². The van der Waals surface area contributed by atoms with Crippen molar-refractivity contribution < 1.29 is 24.2 Å². The maximum Gasteiger partial charge on any atom is 0.316 e. The topological polar surface area (TPSA) is 76.1 Å². The van der Waals surface area contributed by atoms with Crippen molar-refractivity contribution in [2.75, 3.05) is 24.7 Å². The Morgan fingerprint density at radius 2 is 2.00 bits per heavy atom. The van der Waals surface area contributed by atoms with E-state index in [2.05, 4.69) is 0 Å². The molecule has 2 aliphatic rings. The van der Waals surface area contributed by atoms with Crippen LogP contribution in [0, 0.1) is 5.92 Å². The van der Waals surface area contributed by atoms with E-state index in [1.807, 2.05) is 0 Å². The number of ether oxygens (including phenoxy) is 2. The van der Waals surface area contributed by atoms with Crippen LogP contribution in [0.4, 0.5) is 5.69 Å². The Morgan fingerprint density at radius 3 is 2.70 bits per heavy atom. The number of amides is 1. The van der Waals surface area contributed by atoms with Gasteiger partial charge in [0.15, 0.2) is 11.5 Å². The zero-order valence-corrected chi connectivity index (χ0v) is 10.9. The number of benzene rings is 1. The molecule has 0 aliphatic carbocycles. The van der Waals surface area contributed by atoms with Crippen LogP contribution in [0.2, 0.25) is 0 Å². The molecule has 1 aromatic carbocycles. The van der Waals surface area contributed by atoms with Crippen LogP contribution in [0.5, 0.6) is 11.5 Å². The molecule has 106 valence electrons. The minimum atomic E-state index is -1.06. The Bertz CT molecular complexity index is 556. The number of hydrogen-bond donors (Lipinski definition) is 1. The molecular weight excluding hydrogens is 262 g/mol. The monoisotopic (exact) mass is 277 g/mol. The van der Waals surface area contributed by atoms with E-state index in [1.165, 1.54) is 4.90 Å². The van der Waals surface area contributed by atoms with E-state index >= 15 is 0 Å². The highest BCUT2D eigenvalue weighted by Gasteiger charge is 2.37. The smallest absolute Gasteiger partial charge is 0.316 e. The Balaban J connectivity index is 1.86. The minimum Gasteiger partial charge on any atom is -0.490 e. The molecule has 1 unspecified atom stereocenters. The van der Waals surface area contributed by atoms with Crippen LogP contribution in [0.1, 0.15) is 12.8 Å². The molecule has 1 fully saturated rings. The molecule has 6 nitrogen and oxygen atoms in total. The molecule has 0 aromatic heterocycles. The van der Waals surface area contributed by atoms with Gasteiger partial charge in [-0.3, -0.25) is 9.59 Å². The third-order valence-electron chi connectivity index (χ3n) is 3.55. The number of nitrogens with zero attached hydrogens (tertiary/aromatic N) is 1. The van der Waals surface area contributed by atoms with Crippen LogP contribution in [0.3, 0.4) is 0 Å². The lowest BCUT2D eigenvalue weighted by Crippen LogP contribution is -2.30. The van der Waals surface area contributed by atoms with Gasteiger partial charge < -0.3 is 19.5 Å². The summed E-state index contributed by atoms with van der Waals surface area (Å²) in [4.78, 5) is 24.5. The summed E-state index contributed by atoms with van der Waals surface area (Å²) in [5.74, 6) is -1.11. The normalized spacial score (nSPS) is 21.7. The van der Waals surface area contributed by atoms with Crippen molar-refractivity contribution in [3.63, 3.8) is 0 Å². The lowest BCUT2D eigenvalue weighted by Gasteiger charge is -2.18. The number of carbonyl (C=O) groups excluding carboxylic acids is 1. The fourth-order valence-electron chi connectivity index (χ4n) is 2.49. The van der Waals surface area contributed by atoms with Crippen molar-refractivity contribution in [1.29, 1.82) is 0 Å². The second kappa shape index (κ2) is 5.03. The van der Waals surface area contributed by atoms with E-state index in [0.29, 0.717) is 43.4 Å². The van der Waals surface area contributed by atoms with E-state index in [0.717, 1.165) is 6.42 Å². The fraction of sp³-hybridized carbons (Fsp3) is 0.429. The van der Waals surface area contributed by atoms with Crippen LogP contribution in [0.15, 0.2) is 18.2 Å². The molecule has 6 heteroatoms. The number of anilines is 1. The van der Waals surface area contributed by atoms with Crippen molar-refractivity contribution in [1.82, 2.24) is 0 Å². The number of carboxylic acid groups (broad SMARTS) is 1. The van der Waals surface area contributed by atoms with E-state index in [-0.39, 0.29) is 5.91 Å². The Labute approximate surface area is 115 Å². The Kier molecular flexibility index (Phi) is 3.22. The Hall–Kier alpha value is -2.24. The molecule has 1 amide bonds. The molecule has 0 saturated carbocycles. The number of rotatable bonds is 2. The van der Waals surface area contributed by atoms with Gasteiger partial charge in [0, 0.05) is 24.7 Å². The van der Waals surface area contributed by atoms with Gasteiger partial charge in [-0.25, -0.2) is 0 Å². The van der Waals surface area contributed by atoms with E-state index < -0.39 is 11.9 Å². The summed E-state index contributed by atoms with van der Waals surface area (Å²) < 4.78 is 11.1. The van der Waals surface area contributed by atoms with Crippen molar-refractivity contribution >= 4 is 17.6 Å². The summed E-state index contributed by atoms with van der Waals surface area (Å²) >= 11 is 0. The van der Waals surface area contributed by atoms with Crippen molar-refractivity contribution in [2.45, 2.75) is 12.8 Å². The van der Waals surface area contributed by atoms with Crippen LogP contribution in [-0.4, -0.2) is 36.7 Å². The van der Waals surface area contributed by atoms with Gasteiger partial charge >= 0.3 is 5.97 Å². The molecule has 1 saturated heterocycles. The van der Waals surface area contributed by atoms with Gasteiger partial charge in [0.1, 0.15) is 5.92 Å². The van der Waals surface area contributed by atoms with Crippen molar-refractivity contribution in [3.05, 3.63) is 18.2 Å². The highest BCUT2D eigenvalue weighted by Crippen LogP contribution is 2.35. The quantitative estimate of drug-likeness (QED) is 0.824. The zero-order valence-electron chi connectivity index (χ0n) is 10.9. The summed E-state index contributed by atoms with van der Waals surface area (Å²) in [5.41, 5.74) is 0.656. The average molecular weight is 277 g/mol. The average Bonchev–Trinajstić information content (AvgIpc) is 2.68. The van der Waals surface area contributed by atoms with Gasteiger partial charge in [-0.1, -0.05) is 0 Å². The van der Waals surface area contributed by atoms with Crippen LogP contribution < -0.4 is 14.4 Å². The van der Waals surface area contributed by atoms with Crippen molar-refractivity contribution in [2.24, 2.45) is 5.92 Å². The number of hydrogen-bond acceptors (Lipinski definition) is 4. The van der Waals surface area contributed by atoms with E-state index in [9.17, 15) is 9.59 Å². The van der Waals surface area contributed by atoms with Gasteiger partial charge in [0.25, 0.3) is 0 Å². The highest BCUT2D eigenvalue weighted by atomic mass is 16.5. The summed E-state index contributed by atoms with van der Waals surface area (Å²) in [7, 11) is 0. The zero-order chi connectivity index (χ0) is 14.1. The third kappa shape index (κ3) is 2.17. The SMILES string of the molecule is O=C(O)C1CCN(c2ccc3c(c2)OCCCO3)C1=O. The molecule has 20 heavy (non-hydrogen) atoms. The Morgan fingerprint density at radius 1 is 1.25 bits per heavy atom. The molecule has 1 N–H and O–H groups in total. The molecular formula is C14H15NO5. The first-order valence-corrected chi connectivity index (χ1v) is 6.60. The lowest BCUT2D eigenvalue weighted by molar-refractivity contribution is -0.144. The molecule has 0 bridgehead atoms. The summed E-state index contributed by atoms with van der Waals surface area (Å²) in [6.07, 6.45) is 1.15.